The van der Waals surface area contributed by atoms with E-state index in [1.807, 2.05) is 0 Å². The highest BCUT2D eigenvalue weighted by Crippen LogP contribution is 2.20. The molecule has 0 saturated carbocycles. The Labute approximate surface area is 75.8 Å². The Morgan fingerprint density at radius 1 is 1.58 bits per heavy atom. The Morgan fingerprint density at radius 3 is 2.75 bits per heavy atom. The highest BCUT2D eigenvalue weighted by Gasteiger charge is 2.08. The van der Waals surface area contributed by atoms with Gasteiger partial charge in [-0.1, -0.05) is 17.7 Å². The third-order valence-electron chi connectivity index (χ3n) is 1.56. The van der Waals surface area contributed by atoms with Crippen LogP contribution in [0.1, 0.15) is 12.5 Å². The van der Waals surface area contributed by atoms with Crippen LogP contribution in [0.25, 0.3) is 0 Å². The molecular weight excluding hydrogens is 179 g/mol. The summed E-state index contributed by atoms with van der Waals surface area (Å²) in [4.78, 5) is 0. The molecule has 1 atom stereocenters. The predicted molar refractivity (Wildman–Crippen MR) is 46.8 cm³/mol. The normalized spacial score (nSPS) is 13.0. The zero-order valence-corrected chi connectivity index (χ0v) is 7.48. The highest BCUT2D eigenvalue weighted by atomic mass is 35.5. The van der Waals surface area contributed by atoms with Gasteiger partial charge >= 0.3 is 0 Å². The number of hydrogen-bond acceptors (Lipinski definition) is 1. The first-order chi connectivity index (χ1) is 5.61. The first-order valence-electron chi connectivity index (χ1n) is 3.72. The van der Waals surface area contributed by atoms with Crippen molar-refractivity contribution in [2.45, 2.75) is 19.4 Å². The number of hydrogen-bond donors (Lipinski definition) is 1. The van der Waals surface area contributed by atoms with E-state index in [2.05, 4.69) is 0 Å². The van der Waals surface area contributed by atoms with Gasteiger partial charge in [0.15, 0.2) is 0 Å². The fraction of sp³-hybridized carbons (Fsp3) is 0.333. The van der Waals surface area contributed by atoms with Crippen LogP contribution in [0.3, 0.4) is 0 Å². The number of benzene rings is 1. The fourth-order valence-corrected chi connectivity index (χ4v) is 1.26. The monoisotopic (exact) mass is 188 g/mol. The summed E-state index contributed by atoms with van der Waals surface area (Å²) in [6.07, 6.45) is -0.315. The second kappa shape index (κ2) is 3.87. The van der Waals surface area contributed by atoms with E-state index in [0.29, 0.717) is 10.6 Å². The summed E-state index contributed by atoms with van der Waals surface area (Å²) in [5, 5.41) is 9.40. The SMILES string of the molecule is C[C@H](O)Cc1c(F)cccc1Cl. The van der Waals surface area contributed by atoms with E-state index < -0.39 is 6.10 Å². The molecule has 1 N–H and O–H groups in total. The van der Waals surface area contributed by atoms with Crippen LogP contribution in [0, 0.1) is 5.82 Å². The number of rotatable bonds is 2. The number of aliphatic hydroxyl groups excluding tert-OH is 1. The Bertz CT molecular complexity index is 253. The molecule has 0 spiro atoms. The Morgan fingerprint density at radius 2 is 2.25 bits per heavy atom. The van der Waals surface area contributed by atoms with Crippen LogP contribution in [-0.2, 0) is 6.42 Å². The van der Waals surface area contributed by atoms with Gasteiger partial charge in [-0.05, 0) is 19.1 Å². The van der Waals surface area contributed by atoms with Crippen molar-refractivity contribution in [2.24, 2.45) is 0 Å². The second-order valence-corrected chi connectivity index (χ2v) is 3.16. The first kappa shape index (κ1) is 9.49. The van der Waals surface area contributed by atoms with Crippen LogP contribution in [0.5, 0.6) is 0 Å². The maximum atomic E-state index is 13.0. The van der Waals surface area contributed by atoms with E-state index in [0.717, 1.165) is 0 Å². The lowest BCUT2D eigenvalue weighted by Crippen LogP contribution is -2.06. The zero-order chi connectivity index (χ0) is 9.14. The van der Waals surface area contributed by atoms with Gasteiger partial charge < -0.3 is 5.11 Å². The van der Waals surface area contributed by atoms with Gasteiger partial charge in [-0.3, -0.25) is 0 Å². The molecule has 0 saturated heterocycles. The average molecular weight is 189 g/mol. The van der Waals surface area contributed by atoms with Crippen LogP contribution in [-0.4, -0.2) is 11.2 Å². The summed E-state index contributed by atoms with van der Waals surface area (Å²) >= 11 is 5.72. The molecule has 0 aliphatic heterocycles. The molecule has 0 heterocycles. The maximum Gasteiger partial charge on any atom is 0.127 e. The molecule has 1 aromatic carbocycles. The molecule has 0 aliphatic rings. The summed E-state index contributed by atoms with van der Waals surface area (Å²) in [5.74, 6) is -0.358. The smallest absolute Gasteiger partial charge is 0.127 e. The molecule has 0 amide bonds. The molecule has 0 unspecified atom stereocenters. The predicted octanol–water partition coefficient (Wildman–Crippen LogP) is 2.40. The summed E-state index contributed by atoms with van der Waals surface area (Å²) < 4.78 is 13.0. The number of aliphatic hydroxyl groups is 1. The van der Waals surface area contributed by atoms with Crippen LogP contribution in [0.15, 0.2) is 18.2 Å². The van der Waals surface area contributed by atoms with Crippen molar-refractivity contribution in [2.75, 3.05) is 0 Å². The van der Waals surface area contributed by atoms with E-state index in [-0.39, 0.29) is 12.2 Å². The molecule has 1 rings (SSSR count). The average Bonchev–Trinajstić information content (AvgIpc) is 1.97. The van der Waals surface area contributed by atoms with Crippen molar-refractivity contribution in [3.63, 3.8) is 0 Å². The van der Waals surface area contributed by atoms with E-state index in [1.165, 1.54) is 6.07 Å². The second-order valence-electron chi connectivity index (χ2n) is 2.75. The molecular formula is C9H10ClFO. The molecule has 3 heteroatoms. The Hall–Kier alpha value is -0.600. The maximum absolute atomic E-state index is 13.0. The third-order valence-corrected chi connectivity index (χ3v) is 1.92. The van der Waals surface area contributed by atoms with Gasteiger partial charge in [0.05, 0.1) is 6.10 Å². The molecule has 0 bridgehead atoms. The van der Waals surface area contributed by atoms with E-state index in [4.69, 9.17) is 16.7 Å². The van der Waals surface area contributed by atoms with Crippen LogP contribution < -0.4 is 0 Å². The minimum Gasteiger partial charge on any atom is -0.393 e. The van der Waals surface area contributed by atoms with Gasteiger partial charge in [-0.15, -0.1) is 0 Å². The van der Waals surface area contributed by atoms with Crippen molar-refractivity contribution in [3.8, 4) is 0 Å². The van der Waals surface area contributed by atoms with Gasteiger partial charge in [-0.25, -0.2) is 4.39 Å². The van der Waals surface area contributed by atoms with Crippen molar-refractivity contribution in [3.05, 3.63) is 34.6 Å². The Kier molecular flexibility index (Phi) is 3.06. The van der Waals surface area contributed by atoms with Crippen LogP contribution in [0.4, 0.5) is 4.39 Å². The molecule has 1 nitrogen and oxygen atoms in total. The summed E-state index contributed by atoms with van der Waals surface area (Å²) in [6, 6.07) is 4.50. The van der Waals surface area contributed by atoms with Crippen LogP contribution >= 0.6 is 11.6 Å². The third kappa shape index (κ3) is 2.19. The van der Waals surface area contributed by atoms with Crippen molar-refractivity contribution >= 4 is 11.6 Å². The minimum atomic E-state index is -0.570. The minimum absolute atomic E-state index is 0.255. The molecule has 0 fully saturated rings. The van der Waals surface area contributed by atoms with Crippen molar-refractivity contribution in [1.82, 2.24) is 0 Å². The van der Waals surface area contributed by atoms with Crippen LogP contribution in [0.2, 0.25) is 5.02 Å². The topological polar surface area (TPSA) is 20.2 Å². The van der Waals surface area contributed by atoms with Gasteiger partial charge in [-0.2, -0.15) is 0 Å². The van der Waals surface area contributed by atoms with Gasteiger partial charge in [0.1, 0.15) is 5.82 Å². The molecule has 12 heavy (non-hydrogen) atoms. The highest BCUT2D eigenvalue weighted by molar-refractivity contribution is 6.31. The van der Waals surface area contributed by atoms with Gasteiger partial charge in [0, 0.05) is 17.0 Å². The summed E-state index contributed by atoms with van der Waals surface area (Å²) in [5.41, 5.74) is 0.383. The quantitative estimate of drug-likeness (QED) is 0.756. The largest absolute Gasteiger partial charge is 0.393 e. The lowest BCUT2D eigenvalue weighted by molar-refractivity contribution is 0.194. The molecule has 66 valence electrons. The summed E-state index contributed by atoms with van der Waals surface area (Å²) in [7, 11) is 0. The first-order valence-corrected chi connectivity index (χ1v) is 4.10. The molecule has 1 aromatic rings. The lowest BCUT2D eigenvalue weighted by Gasteiger charge is -2.07. The van der Waals surface area contributed by atoms with E-state index >= 15 is 0 Å². The van der Waals surface area contributed by atoms with Crippen molar-refractivity contribution < 1.29 is 9.50 Å². The van der Waals surface area contributed by atoms with E-state index in [9.17, 15) is 4.39 Å². The lowest BCUT2D eigenvalue weighted by atomic mass is 10.1. The summed E-state index contributed by atoms with van der Waals surface area (Å²) in [6.45, 7) is 1.60. The molecule has 0 aromatic heterocycles. The van der Waals surface area contributed by atoms with Crippen molar-refractivity contribution in [1.29, 1.82) is 0 Å². The molecule has 0 aliphatic carbocycles. The van der Waals surface area contributed by atoms with Gasteiger partial charge in [0.2, 0.25) is 0 Å². The number of halogens is 2. The fourth-order valence-electron chi connectivity index (χ4n) is 1.02. The van der Waals surface area contributed by atoms with Gasteiger partial charge in [0.25, 0.3) is 0 Å². The zero-order valence-electron chi connectivity index (χ0n) is 6.72. The molecule has 0 radical (unpaired) electrons. The van der Waals surface area contributed by atoms with E-state index in [1.54, 1.807) is 19.1 Å². The Balaban J connectivity index is 2.96. The standard InChI is InChI=1S/C9H10ClFO/c1-6(12)5-7-8(10)3-2-4-9(7)11/h2-4,6,12H,5H2,1H3/t6-/m0/s1.